The van der Waals surface area contributed by atoms with Crippen molar-refractivity contribution in [3.63, 3.8) is 0 Å². The average molecular weight is 446 g/mol. The van der Waals surface area contributed by atoms with Crippen LogP contribution in [0.3, 0.4) is 0 Å². The molecule has 0 N–H and O–H groups in total. The molecule has 0 aliphatic heterocycles. The second-order valence-corrected chi connectivity index (χ2v) is 8.70. The first-order chi connectivity index (χ1) is 16.1. The van der Waals surface area contributed by atoms with E-state index < -0.39 is 0 Å². The molecule has 3 aromatic rings. The summed E-state index contributed by atoms with van der Waals surface area (Å²) in [6, 6.07) is 13.7. The first-order valence-corrected chi connectivity index (χ1v) is 12.2. The van der Waals surface area contributed by atoms with Gasteiger partial charge in [-0.3, -0.25) is 4.98 Å². The van der Waals surface area contributed by atoms with E-state index in [0.717, 1.165) is 54.3 Å². The zero-order valence-corrected chi connectivity index (χ0v) is 20.0. The maximum absolute atomic E-state index is 14.3. The van der Waals surface area contributed by atoms with Gasteiger partial charge in [0.1, 0.15) is 5.82 Å². The average Bonchev–Trinajstić information content (AvgIpc) is 2.82. The summed E-state index contributed by atoms with van der Waals surface area (Å²) in [5.74, 6) is -0.216. The molecule has 1 aromatic heterocycles. The third-order valence-electron chi connectivity index (χ3n) is 5.90. The van der Waals surface area contributed by atoms with E-state index in [1.54, 1.807) is 12.1 Å². The van der Waals surface area contributed by atoms with Crippen molar-refractivity contribution < 1.29 is 9.13 Å². The Kier molecular flexibility index (Phi) is 9.83. The van der Waals surface area contributed by atoms with E-state index in [1.807, 2.05) is 24.4 Å². The third kappa shape index (κ3) is 7.64. The minimum Gasteiger partial charge on any atom is -0.379 e. The number of rotatable bonds is 13. The molecule has 0 radical (unpaired) electrons. The number of halogens is 1. The summed E-state index contributed by atoms with van der Waals surface area (Å²) >= 11 is 0. The summed E-state index contributed by atoms with van der Waals surface area (Å²) in [6.45, 7) is 8.95. The number of fused-ring (bicyclic) bond motifs is 1. The predicted molar refractivity (Wildman–Crippen MR) is 139 cm³/mol. The zero-order valence-electron chi connectivity index (χ0n) is 20.0. The van der Waals surface area contributed by atoms with Gasteiger partial charge in [0.15, 0.2) is 0 Å². The molecule has 0 bridgehead atoms. The van der Waals surface area contributed by atoms with Gasteiger partial charge in [0.05, 0.1) is 11.8 Å². The van der Waals surface area contributed by atoms with E-state index in [4.69, 9.17) is 4.74 Å². The molecule has 0 fully saturated rings. The lowest BCUT2D eigenvalue weighted by Crippen LogP contribution is -2.08. The van der Waals surface area contributed by atoms with Crippen LogP contribution in [0.2, 0.25) is 0 Å². The lowest BCUT2D eigenvalue weighted by atomic mass is 10.0. The number of pyridine rings is 1. The SMILES string of the molecule is C=CCc1ccc(-c2cc3ccc(/C=C/CCCC(C)OCCCCC)cc3cn2)cc1F. The van der Waals surface area contributed by atoms with Gasteiger partial charge >= 0.3 is 0 Å². The highest BCUT2D eigenvalue weighted by molar-refractivity contribution is 5.87. The Labute approximate surface area is 198 Å². The predicted octanol–water partition coefficient (Wildman–Crippen LogP) is 8.55. The lowest BCUT2D eigenvalue weighted by Gasteiger charge is -2.12. The van der Waals surface area contributed by atoms with Crippen molar-refractivity contribution in [1.82, 2.24) is 4.98 Å². The molecule has 1 atom stereocenters. The first kappa shape index (κ1) is 24.9. The van der Waals surface area contributed by atoms with Gasteiger partial charge in [-0.1, -0.05) is 62.3 Å². The van der Waals surface area contributed by atoms with Crippen LogP contribution >= 0.6 is 0 Å². The van der Waals surface area contributed by atoms with E-state index in [1.165, 1.54) is 18.4 Å². The monoisotopic (exact) mass is 445 g/mol. The van der Waals surface area contributed by atoms with Crippen LogP contribution in [-0.4, -0.2) is 17.7 Å². The molecule has 3 heteroatoms. The molecule has 1 heterocycles. The smallest absolute Gasteiger partial charge is 0.127 e. The third-order valence-corrected chi connectivity index (χ3v) is 5.90. The molecule has 0 amide bonds. The number of nitrogens with zero attached hydrogens (tertiary/aromatic N) is 1. The van der Waals surface area contributed by atoms with Crippen molar-refractivity contribution in [2.45, 2.75) is 64.9 Å². The van der Waals surface area contributed by atoms with Crippen LogP contribution in [0.4, 0.5) is 4.39 Å². The molecule has 0 aliphatic rings. The van der Waals surface area contributed by atoms with Crippen molar-refractivity contribution in [1.29, 1.82) is 0 Å². The molecule has 0 spiro atoms. The van der Waals surface area contributed by atoms with Gasteiger partial charge in [0.2, 0.25) is 0 Å². The molecule has 0 saturated heterocycles. The van der Waals surface area contributed by atoms with E-state index in [0.29, 0.717) is 18.1 Å². The molecule has 0 aliphatic carbocycles. The van der Waals surface area contributed by atoms with Gasteiger partial charge in [-0.15, -0.1) is 6.58 Å². The fourth-order valence-electron chi connectivity index (χ4n) is 3.91. The Morgan fingerprint density at radius 3 is 2.73 bits per heavy atom. The highest BCUT2D eigenvalue weighted by atomic mass is 19.1. The minimum atomic E-state index is -0.216. The van der Waals surface area contributed by atoms with Gasteiger partial charge in [-0.25, -0.2) is 4.39 Å². The van der Waals surface area contributed by atoms with Crippen LogP contribution in [0.5, 0.6) is 0 Å². The fourth-order valence-corrected chi connectivity index (χ4v) is 3.91. The molecule has 1 unspecified atom stereocenters. The number of allylic oxidation sites excluding steroid dienone is 2. The van der Waals surface area contributed by atoms with E-state index in [-0.39, 0.29) is 5.82 Å². The molecule has 2 aromatic carbocycles. The normalized spacial score (nSPS) is 12.5. The van der Waals surface area contributed by atoms with E-state index in [2.05, 4.69) is 55.8 Å². The molecular formula is C30H36FNO. The van der Waals surface area contributed by atoms with Gasteiger partial charge in [0, 0.05) is 23.8 Å². The molecule has 174 valence electrons. The topological polar surface area (TPSA) is 22.1 Å². The standard InChI is InChI=1S/C30H36FNO/c1-4-6-10-18-33-23(3)12-8-7-9-13-24-14-15-26-21-30(32-22-28(26)19-24)27-17-16-25(11-5-2)29(31)20-27/h5,9,13-17,19-23H,2,4,6-8,10-12,18H2,1,3H3/b13-9+. The van der Waals surface area contributed by atoms with Crippen molar-refractivity contribution in [3.8, 4) is 11.3 Å². The maximum atomic E-state index is 14.3. The van der Waals surface area contributed by atoms with Crippen LogP contribution < -0.4 is 0 Å². The number of benzene rings is 2. The number of hydrogen-bond acceptors (Lipinski definition) is 2. The van der Waals surface area contributed by atoms with Crippen LogP contribution in [-0.2, 0) is 11.2 Å². The Morgan fingerprint density at radius 2 is 1.94 bits per heavy atom. The van der Waals surface area contributed by atoms with Crippen molar-refractivity contribution in [3.05, 3.63) is 84.3 Å². The summed E-state index contributed by atoms with van der Waals surface area (Å²) < 4.78 is 20.2. The molecule has 33 heavy (non-hydrogen) atoms. The lowest BCUT2D eigenvalue weighted by molar-refractivity contribution is 0.0566. The Hall–Kier alpha value is -2.78. The minimum absolute atomic E-state index is 0.216. The van der Waals surface area contributed by atoms with Crippen LogP contribution in [0.15, 0.2) is 67.4 Å². The fraction of sp³-hybridized carbons (Fsp3) is 0.367. The zero-order chi connectivity index (χ0) is 23.5. The summed E-state index contributed by atoms with van der Waals surface area (Å²) in [7, 11) is 0. The summed E-state index contributed by atoms with van der Waals surface area (Å²) in [4.78, 5) is 4.58. The van der Waals surface area contributed by atoms with Gasteiger partial charge in [-0.05, 0) is 73.7 Å². The number of unbranched alkanes of at least 4 members (excludes halogenated alkanes) is 3. The van der Waals surface area contributed by atoms with Crippen LogP contribution in [0, 0.1) is 5.82 Å². The Balaban J connectivity index is 1.55. The Bertz CT molecular complexity index is 1070. The number of ether oxygens (including phenoxy) is 1. The number of hydrogen-bond donors (Lipinski definition) is 0. The Morgan fingerprint density at radius 1 is 1.06 bits per heavy atom. The van der Waals surface area contributed by atoms with Gasteiger partial charge in [-0.2, -0.15) is 0 Å². The highest BCUT2D eigenvalue weighted by Crippen LogP contribution is 2.25. The molecule has 2 nitrogen and oxygen atoms in total. The van der Waals surface area contributed by atoms with Gasteiger partial charge < -0.3 is 4.74 Å². The first-order valence-electron chi connectivity index (χ1n) is 12.2. The van der Waals surface area contributed by atoms with Gasteiger partial charge in [0.25, 0.3) is 0 Å². The van der Waals surface area contributed by atoms with E-state index in [9.17, 15) is 4.39 Å². The summed E-state index contributed by atoms with van der Waals surface area (Å²) in [6.07, 6.45) is 15.8. The van der Waals surface area contributed by atoms with E-state index >= 15 is 0 Å². The maximum Gasteiger partial charge on any atom is 0.127 e. The number of aromatic nitrogens is 1. The quantitative estimate of drug-likeness (QED) is 0.194. The largest absolute Gasteiger partial charge is 0.379 e. The van der Waals surface area contributed by atoms with Crippen LogP contribution in [0.25, 0.3) is 28.1 Å². The van der Waals surface area contributed by atoms with Crippen molar-refractivity contribution in [2.75, 3.05) is 6.61 Å². The second-order valence-electron chi connectivity index (χ2n) is 8.70. The molecular weight excluding hydrogens is 409 g/mol. The highest BCUT2D eigenvalue weighted by Gasteiger charge is 2.07. The van der Waals surface area contributed by atoms with Crippen molar-refractivity contribution in [2.24, 2.45) is 0 Å². The van der Waals surface area contributed by atoms with Crippen LogP contribution in [0.1, 0.15) is 63.5 Å². The summed E-state index contributed by atoms with van der Waals surface area (Å²) in [5.41, 5.74) is 3.39. The summed E-state index contributed by atoms with van der Waals surface area (Å²) in [5, 5.41) is 2.18. The second kappa shape index (κ2) is 13.1. The molecule has 3 rings (SSSR count). The van der Waals surface area contributed by atoms with Crippen molar-refractivity contribution >= 4 is 16.8 Å². The molecule has 0 saturated carbocycles.